The fraction of sp³-hybridized carbons (Fsp3) is 0.619. The molecule has 1 aromatic carbocycles. The SMILES string of the molecule is CCCC[I+]C(NC(=O)C(Cc1ccccc1)C(C)C)C(=O)C1(C)CO1. The van der Waals surface area contributed by atoms with Crippen molar-refractivity contribution in [1.82, 2.24) is 5.32 Å². The van der Waals surface area contributed by atoms with Crippen molar-refractivity contribution >= 4 is 11.7 Å². The standard InChI is InChI=1S/C21H30INO3/c1-5-6-12-22-19(18(24)21(4)14-26-21)23-20(25)17(15(2)3)13-16-10-8-7-9-11-16/h7-11,15,17,19H,5-6,12-14H2,1-4H3/p+1. The van der Waals surface area contributed by atoms with Crippen LogP contribution in [0.5, 0.6) is 0 Å². The molecule has 4 nitrogen and oxygen atoms in total. The summed E-state index contributed by atoms with van der Waals surface area (Å²) >= 11 is -0.415. The van der Waals surface area contributed by atoms with Gasteiger partial charge >= 0.3 is 21.2 Å². The maximum absolute atomic E-state index is 13.0. The molecule has 1 aliphatic heterocycles. The molecule has 1 aromatic rings. The molecule has 0 aromatic heterocycles. The summed E-state index contributed by atoms with van der Waals surface area (Å²) in [6, 6.07) is 10.1. The molecule has 0 bridgehead atoms. The average Bonchev–Trinajstić information content (AvgIpc) is 3.37. The van der Waals surface area contributed by atoms with Crippen LogP contribution in [0.2, 0.25) is 0 Å². The Labute approximate surface area is 167 Å². The zero-order chi connectivity index (χ0) is 19.2. The van der Waals surface area contributed by atoms with Crippen LogP contribution in [-0.2, 0) is 20.7 Å². The molecule has 5 heteroatoms. The average molecular weight is 472 g/mol. The number of hydrogen-bond acceptors (Lipinski definition) is 3. The number of benzene rings is 1. The minimum absolute atomic E-state index is 0.00246. The van der Waals surface area contributed by atoms with Crippen molar-refractivity contribution in [2.75, 3.05) is 11.0 Å². The van der Waals surface area contributed by atoms with Gasteiger partial charge in [0.1, 0.15) is 4.43 Å². The van der Waals surface area contributed by atoms with Gasteiger partial charge in [0.25, 0.3) is 4.05 Å². The van der Waals surface area contributed by atoms with E-state index in [4.69, 9.17) is 4.74 Å². The van der Waals surface area contributed by atoms with Crippen LogP contribution in [0.4, 0.5) is 0 Å². The molecule has 0 aliphatic carbocycles. The van der Waals surface area contributed by atoms with Gasteiger partial charge < -0.3 is 10.1 Å². The van der Waals surface area contributed by atoms with Gasteiger partial charge in [-0.3, -0.25) is 9.59 Å². The summed E-state index contributed by atoms with van der Waals surface area (Å²) in [5, 5.41) is 3.10. The van der Waals surface area contributed by atoms with Gasteiger partial charge in [-0.15, -0.1) is 0 Å². The topological polar surface area (TPSA) is 58.7 Å². The highest BCUT2D eigenvalue weighted by atomic mass is 127. The molecule has 3 atom stereocenters. The highest BCUT2D eigenvalue weighted by Crippen LogP contribution is 2.27. The second-order valence-corrected chi connectivity index (χ2v) is 10.7. The second-order valence-electron chi connectivity index (χ2n) is 7.49. The number of carbonyl (C=O) groups is 2. The largest absolute Gasteiger partial charge is 0.361 e. The van der Waals surface area contributed by atoms with Crippen LogP contribution in [-0.4, -0.2) is 32.4 Å². The summed E-state index contributed by atoms with van der Waals surface area (Å²) in [5.74, 6) is 0.156. The number of halogens is 1. The fourth-order valence-corrected chi connectivity index (χ4v) is 6.16. The van der Waals surface area contributed by atoms with Gasteiger partial charge in [-0.25, -0.2) is 0 Å². The normalized spacial score (nSPS) is 21.3. The zero-order valence-corrected chi connectivity index (χ0v) is 18.4. The van der Waals surface area contributed by atoms with Gasteiger partial charge in [0.05, 0.1) is 6.61 Å². The number of ketones is 1. The molecule has 1 amide bonds. The van der Waals surface area contributed by atoms with E-state index in [1.165, 1.54) is 0 Å². The van der Waals surface area contributed by atoms with Gasteiger partial charge in [-0.05, 0) is 31.2 Å². The van der Waals surface area contributed by atoms with Crippen molar-refractivity contribution in [1.29, 1.82) is 0 Å². The lowest BCUT2D eigenvalue weighted by Crippen LogP contribution is -3.67. The van der Waals surface area contributed by atoms with E-state index in [-0.39, 0.29) is 27.6 Å². The molecule has 144 valence electrons. The number of Topliss-reactive ketones (excluding diaryl/α,β-unsaturated/α-hetero) is 1. The first kappa shape index (κ1) is 21.4. The van der Waals surface area contributed by atoms with Crippen molar-refractivity contribution < 1.29 is 35.5 Å². The highest BCUT2D eigenvalue weighted by Gasteiger charge is 2.54. The van der Waals surface area contributed by atoms with E-state index >= 15 is 0 Å². The molecule has 1 N–H and O–H groups in total. The van der Waals surface area contributed by atoms with E-state index in [2.05, 4.69) is 38.2 Å². The number of carbonyl (C=O) groups excluding carboxylic acids is 2. The smallest absolute Gasteiger partial charge is 0.304 e. The number of nitrogens with one attached hydrogen (secondary N) is 1. The number of rotatable bonds is 11. The van der Waals surface area contributed by atoms with Crippen LogP contribution in [0.3, 0.4) is 0 Å². The molecule has 0 spiro atoms. The number of unbranched alkanes of at least 4 members (excludes halogenated alkanes) is 1. The fourth-order valence-electron chi connectivity index (χ4n) is 2.74. The maximum atomic E-state index is 13.0. The number of alkyl halides is 2. The van der Waals surface area contributed by atoms with Gasteiger partial charge in [0.15, 0.2) is 5.60 Å². The molecule has 0 radical (unpaired) electrons. The Kier molecular flexibility index (Phi) is 8.07. The molecule has 1 saturated heterocycles. The van der Waals surface area contributed by atoms with E-state index in [9.17, 15) is 9.59 Å². The first-order valence-electron chi connectivity index (χ1n) is 9.47. The summed E-state index contributed by atoms with van der Waals surface area (Å²) in [4.78, 5) is 25.8. The highest BCUT2D eigenvalue weighted by molar-refractivity contribution is 5.95. The maximum Gasteiger partial charge on any atom is 0.304 e. The molecule has 2 rings (SSSR count). The molecule has 26 heavy (non-hydrogen) atoms. The summed E-state index contributed by atoms with van der Waals surface area (Å²) in [6.45, 7) is 8.61. The van der Waals surface area contributed by atoms with Crippen LogP contribution < -0.4 is 26.5 Å². The van der Waals surface area contributed by atoms with E-state index in [0.29, 0.717) is 13.0 Å². The molecule has 3 unspecified atom stereocenters. The Morgan fingerprint density at radius 2 is 1.92 bits per heavy atom. The number of epoxide rings is 1. The third-order valence-corrected chi connectivity index (χ3v) is 7.93. The minimum atomic E-state index is -0.670. The van der Waals surface area contributed by atoms with Gasteiger partial charge in [0.2, 0.25) is 11.7 Å². The van der Waals surface area contributed by atoms with Crippen LogP contribution >= 0.6 is 0 Å². The van der Waals surface area contributed by atoms with E-state index in [1.54, 1.807) is 0 Å². The summed E-state index contributed by atoms with van der Waals surface area (Å²) in [6.07, 6.45) is 2.93. The van der Waals surface area contributed by atoms with Gasteiger partial charge in [-0.1, -0.05) is 57.5 Å². The Morgan fingerprint density at radius 1 is 1.27 bits per heavy atom. The molecule has 1 fully saturated rings. The Bertz CT molecular complexity index is 599. The van der Waals surface area contributed by atoms with Gasteiger partial charge in [0, 0.05) is 5.92 Å². The molecule has 1 heterocycles. The van der Waals surface area contributed by atoms with E-state index < -0.39 is 26.8 Å². The van der Waals surface area contributed by atoms with Crippen LogP contribution in [0.1, 0.15) is 46.1 Å². The van der Waals surface area contributed by atoms with E-state index in [0.717, 1.165) is 22.8 Å². The number of hydrogen-bond donors (Lipinski definition) is 1. The third-order valence-electron chi connectivity index (χ3n) is 4.79. The molecule has 1 aliphatic rings. The molecular weight excluding hydrogens is 441 g/mol. The predicted octanol–water partition coefficient (Wildman–Crippen LogP) is 0.191. The van der Waals surface area contributed by atoms with Crippen LogP contribution in [0, 0.1) is 11.8 Å². The van der Waals surface area contributed by atoms with Crippen molar-refractivity contribution in [3.05, 3.63) is 35.9 Å². The first-order chi connectivity index (χ1) is 12.4. The number of ether oxygens (including phenoxy) is 1. The molecular formula is C21H31INO3+. The van der Waals surface area contributed by atoms with Crippen molar-refractivity contribution in [2.45, 2.75) is 56.6 Å². The third kappa shape index (κ3) is 6.05. The quantitative estimate of drug-likeness (QED) is 0.165. The molecule has 0 saturated carbocycles. The lowest BCUT2D eigenvalue weighted by atomic mass is 9.88. The summed E-state index contributed by atoms with van der Waals surface area (Å²) < 4.78 is 6.06. The van der Waals surface area contributed by atoms with E-state index in [1.807, 2.05) is 25.1 Å². The Morgan fingerprint density at radius 3 is 2.46 bits per heavy atom. The summed E-state index contributed by atoms with van der Waals surface area (Å²) in [5.41, 5.74) is 0.485. The van der Waals surface area contributed by atoms with Crippen molar-refractivity contribution in [3.8, 4) is 0 Å². The Hall–Kier alpha value is -0.950. The van der Waals surface area contributed by atoms with Crippen molar-refractivity contribution in [3.63, 3.8) is 0 Å². The van der Waals surface area contributed by atoms with Crippen molar-refractivity contribution in [2.24, 2.45) is 11.8 Å². The number of amides is 1. The zero-order valence-electron chi connectivity index (χ0n) is 16.3. The summed E-state index contributed by atoms with van der Waals surface area (Å²) in [7, 11) is 0. The minimum Gasteiger partial charge on any atom is -0.361 e. The second kappa shape index (κ2) is 9.83. The predicted molar refractivity (Wildman–Crippen MR) is 99.5 cm³/mol. The lowest BCUT2D eigenvalue weighted by Gasteiger charge is -2.21. The first-order valence-corrected chi connectivity index (χ1v) is 12.2. The van der Waals surface area contributed by atoms with Crippen LogP contribution in [0.15, 0.2) is 30.3 Å². The van der Waals surface area contributed by atoms with Gasteiger partial charge in [-0.2, -0.15) is 0 Å². The van der Waals surface area contributed by atoms with Crippen LogP contribution in [0.25, 0.3) is 0 Å². The monoisotopic (exact) mass is 472 g/mol. The Balaban J connectivity index is 2.05. The lowest BCUT2D eigenvalue weighted by molar-refractivity contribution is -0.680.